The van der Waals surface area contributed by atoms with Crippen molar-refractivity contribution in [2.75, 3.05) is 0 Å². The number of carbonyl (C=O) groups excluding carboxylic acids is 4. The highest BCUT2D eigenvalue weighted by Crippen LogP contribution is 2.13. The second kappa shape index (κ2) is 13.7. The molecule has 0 aliphatic carbocycles. The number of hydrogen-bond acceptors (Lipinski definition) is 5. The van der Waals surface area contributed by atoms with Crippen molar-refractivity contribution >= 4 is 23.7 Å². The third kappa shape index (κ3) is 8.58. The molecule has 4 N–H and O–H groups in total. The van der Waals surface area contributed by atoms with Crippen molar-refractivity contribution in [3.8, 4) is 0 Å². The lowest BCUT2D eigenvalue weighted by atomic mass is 9.98. The topological polar surface area (TPSA) is 128 Å². The van der Waals surface area contributed by atoms with E-state index in [4.69, 9.17) is 10.5 Å². The summed E-state index contributed by atoms with van der Waals surface area (Å²) in [7, 11) is 0. The van der Waals surface area contributed by atoms with E-state index in [-0.39, 0.29) is 24.7 Å². The zero-order chi connectivity index (χ0) is 27.5. The second-order valence-electron chi connectivity index (χ2n) is 9.45. The normalized spacial score (nSPS) is 12.3. The zero-order valence-electron chi connectivity index (χ0n) is 21.6. The Kier molecular flexibility index (Phi) is 10.2. The van der Waals surface area contributed by atoms with Crippen LogP contribution in [-0.4, -0.2) is 35.8 Å². The van der Waals surface area contributed by atoms with Crippen molar-refractivity contribution in [2.24, 2.45) is 11.7 Å². The van der Waals surface area contributed by atoms with Gasteiger partial charge in [0.25, 0.3) is 0 Å². The predicted molar refractivity (Wildman–Crippen MR) is 144 cm³/mol. The van der Waals surface area contributed by atoms with Crippen LogP contribution in [0.1, 0.15) is 47.3 Å². The fourth-order valence-electron chi connectivity index (χ4n) is 3.89. The summed E-state index contributed by atoms with van der Waals surface area (Å²) in [5.74, 6) is -1.27. The van der Waals surface area contributed by atoms with Gasteiger partial charge >= 0.3 is 6.09 Å². The van der Waals surface area contributed by atoms with E-state index in [1.165, 1.54) is 0 Å². The Hall–Kier alpha value is -4.46. The van der Waals surface area contributed by atoms with E-state index in [1.807, 2.05) is 50.2 Å². The molecule has 0 radical (unpaired) electrons. The standard InChI is InChI=1S/C30H33N3O5/c1-20(2)17-26(33-30(37)38-19-22-9-5-3-6-10-22)29(36)32-25(28(31)35)18-21-13-15-24(16-14-21)27(34)23-11-7-4-8-12-23/h3-16,20,25-26H,17-19H2,1-2H3,(H2,31,35)(H,32,36)(H,33,37)/t25-,26-/m0/s1. The summed E-state index contributed by atoms with van der Waals surface area (Å²) in [6.45, 7) is 3.90. The molecule has 0 bridgehead atoms. The number of nitrogens with two attached hydrogens (primary N) is 1. The van der Waals surface area contributed by atoms with Crippen molar-refractivity contribution in [1.82, 2.24) is 10.6 Å². The van der Waals surface area contributed by atoms with Gasteiger partial charge in [-0.05, 0) is 23.5 Å². The Balaban J connectivity index is 1.62. The number of benzene rings is 3. The molecule has 8 nitrogen and oxygen atoms in total. The number of primary amides is 1. The Morgan fingerprint density at radius 2 is 1.32 bits per heavy atom. The molecule has 0 aromatic heterocycles. The van der Waals surface area contributed by atoms with E-state index in [9.17, 15) is 19.2 Å². The van der Waals surface area contributed by atoms with Crippen LogP contribution in [0.3, 0.4) is 0 Å². The van der Waals surface area contributed by atoms with Gasteiger partial charge in [-0.3, -0.25) is 14.4 Å². The third-order valence-corrected chi connectivity index (χ3v) is 5.88. The SMILES string of the molecule is CC(C)C[C@H](NC(=O)OCc1ccccc1)C(=O)N[C@@H](Cc1ccc(C(=O)c2ccccc2)cc1)C(N)=O. The minimum Gasteiger partial charge on any atom is -0.445 e. The van der Waals surface area contributed by atoms with Crippen LogP contribution in [0, 0.1) is 5.92 Å². The second-order valence-corrected chi connectivity index (χ2v) is 9.45. The number of alkyl carbamates (subject to hydrolysis) is 1. The van der Waals surface area contributed by atoms with Gasteiger partial charge < -0.3 is 21.1 Å². The maximum Gasteiger partial charge on any atom is 0.408 e. The van der Waals surface area contributed by atoms with Crippen LogP contribution in [0.15, 0.2) is 84.9 Å². The van der Waals surface area contributed by atoms with Gasteiger partial charge in [0.1, 0.15) is 18.7 Å². The molecular weight excluding hydrogens is 482 g/mol. The molecule has 3 aromatic carbocycles. The molecule has 3 rings (SSSR count). The van der Waals surface area contributed by atoms with E-state index in [0.717, 1.165) is 5.56 Å². The quantitative estimate of drug-likeness (QED) is 0.317. The van der Waals surface area contributed by atoms with Gasteiger partial charge in [0.05, 0.1) is 0 Å². The molecule has 0 aliphatic rings. The summed E-state index contributed by atoms with van der Waals surface area (Å²) in [5.41, 5.74) is 8.20. The first-order chi connectivity index (χ1) is 18.2. The number of nitrogens with one attached hydrogen (secondary N) is 2. The van der Waals surface area contributed by atoms with Crippen molar-refractivity contribution < 1.29 is 23.9 Å². The lowest BCUT2D eigenvalue weighted by Gasteiger charge is -2.23. The molecule has 198 valence electrons. The fraction of sp³-hybridized carbons (Fsp3) is 0.267. The summed E-state index contributed by atoms with van der Waals surface area (Å²) >= 11 is 0. The molecule has 0 saturated heterocycles. The summed E-state index contributed by atoms with van der Waals surface area (Å²) in [6, 6.07) is 23.0. The van der Waals surface area contributed by atoms with Crippen LogP contribution in [-0.2, 0) is 27.4 Å². The average molecular weight is 516 g/mol. The van der Waals surface area contributed by atoms with Crippen LogP contribution < -0.4 is 16.4 Å². The maximum atomic E-state index is 13.1. The fourth-order valence-corrected chi connectivity index (χ4v) is 3.89. The van der Waals surface area contributed by atoms with Crippen LogP contribution in [0.4, 0.5) is 4.79 Å². The van der Waals surface area contributed by atoms with E-state index < -0.39 is 30.0 Å². The molecule has 0 fully saturated rings. The maximum absolute atomic E-state index is 13.1. The van der Waals surface area contributed by atoms with Crippen LogP contribution in [0.5, 0.6) is 0 Å². The third-order valence-electron chi connectivity index (χ3n) is 5.88. The van der Waals surface area contributed by atoms with Gasteiger partial charge in [-0.2, -0.15) is 0 Å². The molecule has 0 aliphatic heterocycles. The number of ketones is 1. The number of rotatable bonds is 12. The first-order valence-corrected chi connectivity index (χ1v) is 12.5. The monoisotopic (exact) mass is 515 g/mol. The molecule has 0 unspecified atom stereocenters. The molecule has 3 amide bonds. The minimum absolute atomic E-state index is 0.0649. The summed E-state index contributed by atoms with van der Waals surface area (Å²) in [5, 5.41) is 5.26. The van der Waals surface area contributed by atoms with E-state index in [0.29, 0.717) is 23.1 Å². The van der Waals surface area contributed by atoms with Gasteiger partial charge in [-0.15, -0.1) is 0 Å². The summed E-state index contributed by atoms with van der Waals surface area (Å²) in [4.78, 5) is 50.2. The lowest BCUT2D eigenvalue weighted by Crippen LogP contribution is -2.54. The Bertz CT molecular complexity index is 1230. The molecule has 8 heteroatoms. The smallest absolute Gasteiger partial charge is 0.408 e. The van der Waals surface area contributed by atoms with Gasteiger partial charge in [0, 0.05) is 17.5 Å². The highest BCUT2D eigenvalue weighted by atomic mass is 16.5. The van der Waals surface area contributed by atoms with Gasteiger partial charge in [0.2, 0.25) is 11.8 Å². The van der Waals surface area contributed by atoms with Crippen molar-refractivity contribution in [2.45, 2.75) is 45.4 Å². The molecule has 2 atom stereocenters. The molecule has 0 spiro atoms. The largest absolute Gasteiger partial charge is 0.445 e. The van der Waals surface area contributed by atoms with Crippen LogP contribution in [0.25, 0.3) is 0 Å². The molecule has 0 heterocycles. The van der Waals surface area contributed by atoms with Crippen LogP contribution >= 0.6 is 0 Å². The molecule has 38 heavy (non-hydrogen) atoms. The lowest BCUT2D eigenvalue weighted by molar-refractivity contribution is -0.128. The van der Waals surface area contributed by atoms with Crippen molar-refractivity contribution in [1.29, 1.82) is 0 Å². The summed E-state index contributed by atoms with van der Waals surface area (Å²) in [6.07, 6.45) is -0.258. The van der Waals surface area contributed by atoms with Gasteiger partial charge in [-0.25, -0.2) is 4.79 Å². The van der Waals surface area contributed by atoms with Gasteiger partial charge in [0.15, 0.2) is 5.78 Å². The minimum atomic E-state index is -1.00. The number of ether oxygens (including phenoxy) is 1. The Morgan fingerprint density at radius 3 is 1.89 bits per heavy atom. The van der Waals surface area contributed by atoms with Crippen molar-refractivity contribution in [3.05, 3.63) is 107 Å². The number of amides is 3. The Labute approximate surface area is 222 Å². The number of carbonyl (C=O) groups is 4. The summed E-state index contributed by atoms with van der Waals surface area (Å²) < 4.78 is 5.25. The van der Waals surface area contributed by atoms with Gasteiger partial charge in [-0.1, -0.05) is 98.8 Å². The van der Waals surface area contributed by atoms with E-state index in [1.54, 1.807) is 48.5 Å². The first-order valence-electron chi connectivity index (χ1n) is 12.5. The predicted octanol–water partition coefficient (Wildman–Crippen LogP) is 3.77. The highest BCUT2D eigenvalue weighted by Gasteiger charge is 2.27. The molecule has 0 saturated carbocycles. The van der Waals surface area contributed by atoms with Crippen molar-refractivity contribution in [3.63, 3.8) is 0 Å². The van der Waals surface area contributed by atoms with Crippen LogP contribution in [0.2, 0.25) is 0 Å². The highest BCUT2D eigenvalue weighted by molar-refractivity contribution is 6.08. The zero-order valence-corrected chi connectivity index (χ0v) is 21.6. The first kappa shape index (κ1) is 28.1. The molecular formula is C30H33N3O5. The van der Waals surface area contributed by atoms with E-state index in [2.05, 4.69) is 10.6 Å². The number of hydrogen-bond donors (Lipinski definition) is 3. The van der Waals surface area contributed by atoms with E-state index >= 15 is 0 Å². The molecule has 3 aromatic rings. The Morgan fingerprint density at radius 1 is 0.737 bits per heavy atom. The average Bonchev–Trinajstić information content (AvgIpc) is 2.92.